The summed E-state index contributed by atoms with van der Waals surface area (Å²) < 4.78 is 6.27. The molecular formula is C21H20ClN3O4. The van der Waals surface area contributed by atoms with Crippen molar-refractivity contribution in [2.24, 2.45) is 0 Å². The highest BCUT2D eigenvalue weighted by Crippen LogP contribution is 2.36. The average molecular weight is 414 g/mol. The predicted octanol–water partition coefficient (Wildman–Crippen LogP) is 4.13. The number of carbonyl (C=O) groups excluding carboxylic acids is 1. The molecule has 0 aliphatic carbocycles. The Morgan fingerprint density at radius 3 is 2.72 bits per heavy atom. The molecule has 0 radical (unpaired) electrons. The van der Waals surface area contributed by atoms with Crippen LogP contribution in [0.1, 0.15) is 18.4 Å². The zero-order valence-electron chi connectivity index (χ0n) is 15.6. The van der Waals surface area contributed by atoms with Crippen LogP contribution in [0.25, 0.3) is 6.08 Å². The fourth-order valence-corrected chi connectivity index (χ4v) is 3.90. The predicted molar refractivity (Wildman–Crippen MR) is 111 cm³/mol. The van der Waals surface area contributed by atoms with E-state index in [4.69, 9.17) is 16.3 Å². The third kappa shape index (κ3) is 4.26. The molecule has 0 atom stereocenters. The topological polar surface area (TPSA) is 84.7 Å². The van der Waals surface area contributed by atoms with Gasteiger partial charge in [0.15, 0.2) is 0 Å². The Bertz CT molecular complexity index is 984. The molecule has 2 aromatic carbocycles. The number of nitrogens with one attached hydrogen (secondary N) is 1. The molecule has 1 fully saturated rings. The van der Waals surface area contributed by atoms with Crippen LogP contribution in [0.15, 0.2) is 48.5 Å². The zero-order chi connectivity index (χ0) is 20.4. The van der Waals surface area contributed by atoms with Crippen LogP contribution < -0.4 is 10.1 Å². The van der Waals surface area contributed by atoms with Crippen LogP contribution >= 0.6 is 11.6 Å². The number of fused-ring (bicyclic) bond motifs is 1. The number of rotatable bonds is 4. The van der Waals surface area contributed by atoms with Crippen molar-refractivity contribution in [1.29, 1.82) is 0 Å². The van der Waals surface area contributed by atoms with Gasteiger partial charge in [0.25, 0.3) is 5.69 Å². The normalized spacial score (nSPS) is 17.4. The Labute approximate surface area is 173 Å². The molecule has 1 saturated heterocycles. The standard InChI is InChI=1S/C21H20ClN3O4/c22-17-13-16(25(27)28)5-6-18(17)23-20(26)14-24-11-9-21(10-12-24)8-7-15-3-1-2-4-19(15)29-21/h1-8,13H,9-12,14H2,(H,23,26). The summed E-state index contributed by atoms with van der Waals surface area (Å²) in [5, 5.41) is 13.7. The first-order valence-corrected chi connectivity index (χ1v) is 9.75. The van der Waals surface area contributed by atoms with E-state index >= 15 is 0 Å². The lowest BCUT2D eigenvalue weighted by atomic mass is 9.88. The number of non-ortho nitro benzene ring substituents is 1. The lowest BCUT2D eigenvalue weighted by Crippen LogP contribution is -2.49. The fraction of sp³-hybridized carbons (Fsp3) is 0.286. The van der Waals surface area contributed by atoms with Gasteiger partial charge in [-0.3, -0.25) is 19.8 Å². The highest BCUT2D eigenvalue weighted by atomic mass is 35.5. The molecule has 8 heteroatoms. The molecule has 0 saturated carbocycles. The second kappa shape index (κ2) is 7.85. The van der Waals surface area contributed by atoms with E-state index in [-0.39, 0.29) is 28.8 Å². The summed E-state index contributed by atoms with van der Waals surface area (Å²) in [5.41, 5.74) is 1.02. The summed E-state index contributed by atoms with van der Waals surface area (Å²) in [6, 6.07) is 12.0. The Morgan fingerprint density at radius 2 is 2.00 bits per heavy atom. The minimum absolute atomic E-state index is 0.114. The van der Waals surface area contributed by atoms with Gasteiger partial charge in [0, 0.05) is 43.6 Å². The van der Waals surface area contributed by atoms with E-state index in [0.29, 0.717) is 5.69 Å². The first-order chi connectivity index (χ1) is 13.9. The Hall–Kier alpha value is -2.90. The van der Waals surface area contributed by atoms with E-state index in [0.717, 1.165) is 37.2 Å². The molecule has 1 spiro atoms. The number of hydrogen-bond acceptors (Lipinski definition) is 5. The Kier molecular flexibility index (Phi) is 5.25. The molecule has 0 unspecified atom stereocenters. The highest BCUT2D eigenvalue weighted by molar-refractivity contribution is 6.34. The number of halogens is 1. The summed E-state index contributed by atoms with van der Waals surface area (Å²) in [6.45, 7) is 1.69. The van der Waals surface area contributed by atoms with Crippen molar-refractivity contribution in [2.45, 2.75) is 18.4 Å². The van der Waals surface area contributed by atoms with E-state index in [1.807, 2.05) is 24.3 Å². The number of benzene rings is 2. The lowest BCUT2D eigenvalue weighted by Gasteiger charge is -2.41. The van der Waals surface area contributed by atoms with E-state index in [9.17, 15) is 14.9 Å². The second-order valence-corrected chi connectivity index (χ2v) is 7.69. The van der Waals surface area contributed by atoms with Crippen LogP contribution in [0.3, 0.4) is 0 Å². The van der Waals surface area contributed by atoms with Crippen molar-refractivity contribution in [2.75, 3.05) is 25.0 Å². The maximum absolute atomic E-state index is 12.4. The number of amides is 1. The van der Waals surface area contributed by atoms with Gasteiger partial charge in [-0.1, -0.05) is 35.9 Å². The van der Waals surface area contributed by atoms with Gasteiger partial charge >= 0.3 is 0 Å². The maximum atomic E-state index is 12.4. The smallest absolute Gasteiger partial charge is 0.271 e. The molecule has 4 rings (SSSR count). The number of carbonyl (C=O) groups is 1. The minimum Gasteiger partial charge on any atom is -0.482 e. The quantitative estimate of drug-likeness (QED) is 0.601. The number of para-hydroxylation sites is 1. The molecule has 2 aliphatic heterocycles. The molecule has 0 bridgehead atoms. The van der Waals surface area contributed by atoms with Gasteiger partial charge in [-0.05, 0) is 18.2 Å². The van der Waals surface area contributed by atoms with Crippen molar-refractivity contribution < 1.29 is 14.5 Å². The SMILES string of the molecule is O=C(CN1CCC2(C=Cc3ccccc3O2)CC1)Nc1ccc([N+](=O)[O-])cc1Cl. The van der Waals surface area contributed by atoms with Crippen LogP contribution in [-0.2, 0) is 4.79 Å². The van der Waals surface area contributed by atoms with Gasteiger partial charge in [0.05, 0.1) is 22.2 Å². The van der Waals surface area contributed by atoms with Gasteiger partial charge < -0.3 is 10.1 Å². The summed E-state index contributed by atoms with van der Waals surface area (Å²) in [7, 11) is 0. The van der Waals surface area contributed by atoms with Gasteiger partial charge in [0.1, 0.15) is 11.4 Å². The molecule has 0 aromatic heterocycles. The van der Waals surface area contributed by atoms with Crippen LogP contribution in [0.2, 0.25) is 5.02 Å². The number of piperidine rings is 1. The lowest BCUT2D eigenvalue weighted by molar-refractivity contribution is -0.384. The minimum atomic E-state index is -0.527. The number of anilines is 1. The summed E-state index contributed by atoms with van der Waals surface area (Å²) in [5.74, 6) is 0.691. The molecule has 1 N–H and O–H groups in total. The molecular weight excluding hydrogens is 394 g/mol. The summed E-state index contributed by atoms with van der Waals surface area (Å²) >= 11 is 6.04. The number of nitro groups is 1. The van der Waals surface area contributed by atoms with Gasteiger partial charge in [-0.15, -0.1) is 0 Å². The number of hydrogen-bond donors (Lipinski definition) is 1. The zero-order valence-corrected chi connectivity index (χ0v) is 16.4. The Morgan fingerprint density at radius 1 is 1.24 bits per heavy atom. The molecule has 29 heavy (non-hydrogen) atoms. The first kappa shape index (κ1) is 19.4. The largest absolute Gasteiger partial charge is 0.482 e. The molecule has 2 heterocycles. The third-order valence-corrected chi connectivity index (χ3v) is 5.62. The number of ether oxygens (including phenoxy) is 1. The monoisotopic (exact) mass is 413 g/mol. The number of likely N-dealkylation sites (tertiary alicyclic amines) is 1. The summed E-state index contributed by atoms with van der Waals surface area (Å²) in [6.07, 6.45) is 5.83. The van der Waals surface area contributed by atoms with Crippen LogP contribution in [-0.4, -0.2) is 41.0 Å². The van der Waals surface area contributed by atoms with Crippen molar-refractivity contribution >= 4 is 35.0 Å². The molecule has 2 aliphatic rings. The highest BCUT2D eigenvalue weighted by Gasteiger charge is 2.36. The van der Waals surface area contributed by atoms with Gasteiger partial charge in [-0.2, -0.15) is 0 Å². The third-order valence-electron chi connectivity index (χ3n) is 5.31. The van der Waals surface area contributed by atoms with E-state index in [2.05, 4.69) is 22.4 Å². The molecule has 7 nitrogen and oxygen atoms in total. The van der Waals surface area contributed by atoms with Crippen molar-refractivity contribution in [3.63, 3.8) is 0 Å². The van der Waals surface area contributed by atoms with Crippen LogP contribution in [0.5, 0.6) is 5.75 Å². The van der Waals surface area contributed by atoms with Crippen molar-refractivity contribution in [1.82, 2.24) is 4.90 Å². The van der Waals surface area contributed by atoms with E-state index in [1.54, 1.807) is 0 Å². The Balaban J connectivity index is 1.32. The number of nitrogens with zero attached hydrogens (tertiary/aromatic N) is 2. The van der Waals surface area contributed by atoms with Gasteiger partial charge in [0.2, 0.25) is 5.91 Å². The van der Waals surface area contributed by atoms with Crippen LogP contribution in [0.4, 0.5) is 11.4 Å². The average Bonchev–Trinajstić information content (AvgIpc) is 2.71. The van der Waals surface area contributed by atoms with E-state index < -0.39 is 4.92 Å². The molecule has 1 amide bonds. The molecule has 2 aromatic rings. The summed E-state index contributed by atoms with van der Waals surface area (Å²) in [4.78, 5) is 24.7. The van der Waals surface area contributed by atoms with E-state index in [1.165, 1.54) is 18.2 Å². The van der Waals surface area contributed by atoms with Crippen molar-refractivity contribution in [3.8, 4) is 5.75 Å². The second-order valence-electron chi connectivity index (χ2n) is 7.28. The maximum Gasteiger partial charge on any atom is 0.271 e. The van der Waals surface area contributed by atoms with Crippen molar-refractivity contribution in [3.05, 3.63) is 69.2 Å². The van der Waals surface area contributed by atoms with Gasteiger partial charge in [-0.25, -0.2) is 0 Å². The fourth-order valence-electron chi connectivity index (χ4n) is 3.68. The number of nitro benzene ring substituents is 1. The first-order valence-electron chi connectivity index (χ1n) is 9.38. The molecule has 150 valence electrons. The van der Waals surface area contributed by atoms with Crippen LogP contribution in [0, 0.1) is 10.1 Å².